The second-order valence-corrected chi connectivity index (χ2v) is 8.79. The molecule has 182 valence electrons. The first kappa shape index (κ1) is 24.9. The molecule has 1 N–H and O–H groups in total. The minimum Gasteiger partial charge on any atom is -0.457 e. The highest BCUT2D eigenvalue weighted by Crippen LogP contribution is 2.38. The van der Waals surface area contributed by atoms with E-state index in [1.54, 1.807) is 48.5 Å². The van der Waals surface area contributed by atoms with Crippen LogP contribution in [0, 0.1) is 0 Å². The van der Waals surface area contributed by atoms with Crippen LogP contribution in [0.15, 0.2) is 97.1 Å². The zero-order chi connectivity index (χ0) is 25.4. The molecule has 0 bridgehead atoms. The van der Waals surface area contributed by atoms with Crippen molar-refractivity contribution in [2.75, 3.05) is 6.61 Å². The van der Waals surface area contributed by atoms with E-state index >= 15 is 0 Å². The second kappa shape index (κ2) is 11.5. The molecule has 0 aliphatic carbocycles. The fourth-order valence-corrected chi connectivity index (χ4v) is 4.17. The summed E-state index contributed by atoms with van der Waals surface area (Å²) in [6.07, 6.45) is 3.04. The molecule has 0 saturated carbocycles. The molecule has 0 aliphatic heterocycles. The van der Waals surface area contributed by atoms with Crippen LogP contribution in [0.1, 0.15) is 51.6 Å². The standard InChI is InChI=1S/C31H28O5/c1-31(19-2-20-32,25-7-15-29(16-8-25)35-27-11-3-23(21-33)4-12-27)26-9-17-30(18-10-26)36-28-13-5-24(22-34)6-14-28/h3-18,21-22,32H,2,19-20H2,1H3. The van der Waals surface area contributed by atoms with Crippen molar-refractivity contribution in [2.24, 2.45) is 0 Å². The number of carbonyl (C=O) groups excluding carboxylic acids is 2. The number of rotatable bonds is 11. The summed E-state index contributed by atoms with van der Waals surface area (Å²) in [6.45, 7) is 2.29. The summed E-state index contributed by atoms with van der Waals surface area (Å²) in [4.78, 5) is 21.7. The third kappa shape index (κ3) is 5.88. The zero-order valence-corrected chi connectivity index (χ0v) is 20.1. The van der Waals surface area contributed by atoms with Gasteiger partial charge in [-0.2, -0.15) is 0 Å². The van der Waals surface area contributed by atoms with Crippen LogP contribution < -0.4 is 9.47 Å². The van der Waals surface area contributed by atoms with Gasteiger partial charge in [0.25, 0.3) is 0 Å². The molecule has 0 radical (unpaired) electrons. The summed E-state index contributed by atoms with van der Waals surface area (Å²) in [7, 11) is 0. The van der Waals surface area contributed by atoms with Gasteiger partial charge in [0.05, 0.1) is 0 Å². The lowest BCUT2D eigenvalue weighted by molar-refractivity contribution is 0.111. The van der Waals surface area contributed by atoms with Crippen LogP contribution >= 0.6 is 0 Å². The molecular formula is C31H28O5. The summed E-state index contributed by atoms with van der Waals surface area (Å²) in [5.41, 5.74) is 3.10. The SMILES string of the molecule is CC(CCCO)(c1ccc(Oc2ccc(C=O)cc2)cc1)c1ccc(Oc2ccc(C=O)cc2)cc1. The molecule has 0 atom stereocenters. The Labute approximate surface area is 211 Å². The van der Waals surface area contributed by atoms with Crippen LogP contribution in [0.4, 0.5) is 0 Å². The number of ether oxygens (including phenoxy) is 2. The van der Waals surface area contributed by atoms with Crippen molar-refractivity contribution in [3.63, 3.8) is 0 Å². The average molecular weight is 481 g/mol. The van der Waals surface area contributed by atoms with Crippen LogP contribution in [-0.2, 0) is 5.41 Å². The van der Waals surface area contributed by atoms with Gasteiger partial charge in [0.15, 0.2) is 0 Å². The number of benzene rings is 4. The van der Waals surface area contributed by atoms with Crippen molar-refractivity contribution in [1.29, 1.82) is 0 Å². The fourth-order valence-electron chi connectivity index (χ4n) is 4.17. The molecule has 0 saturated heterocycles. The Hall–Kier alpha value is -4.22. The Kier molecular flexibility index (Phi) is 7.93. The molecule has 0 amide bonds. The van der Waals surface area contributed by atoms with E-state index < -0.39 is 0 Å². The van der Waals surface area contributed by atoms with Crippen LogP contribution in [-0.4, -0.2) is 24.3 Å². The lowest BCUT2D eigenvalue weighted by atomic mass is 9.73. The van der Waals surface area contributed by atoms with Gasteiger partial charge < -0.3 is 14.6 Å². The maximum Gasteiger partial charge on any atom is 0.150 e. The smallest absolute Gasteiger partial charge is 0.150 e. The van der Waals surface area contributed by atoms with E-state index in [9.17, 15) is 14.7 Å². The topological polar surface area (TPSA) is 72.8 Å². The van der Waals surface area contributed by atoms with Gasteiger partial charge in [-0.15, -0.1) is 0 Å². The van der Waals surface area contributed by atoms with Gasteiger partial charge in [-0.05, 0) is 96.8 Å². The van der Waals surface area contributed by atoms with Crippen LogP contribution in [0.25, 0.3) is 0 Å². The molecule has 4 aromatic rings. The van der Waals surface area contributed by atoms with Gasteiger partial charge in [0, 0.05) is 23.1 Å². The molecule has 0 aromatic heterocycles. The maximum atomic E-state index is 10.8. The average Bonchev–Trinajstić information content (AvgIpc) is 2.93. The quantitative estimate of drug-likeness (QED) is 0.235. The number of hydrogen-bond donors (Lipinski definition) is 1. The Morgan fingerprint density at radius 1 is 0.611 bits per heavy atom. The lowest BCUT2D eigenvalue weighted by Crippen LogP contribution is -2.24. The highest BCUT2D eigenvalue weighted by Gasteiger charge is 2.28. The van der Waals surface area contributed by atoms with E-state index in [-0.39, 0.29) is 12.0 Å². The molecule has 36 heavy (non-hydrogen) atoms. The Bertz CT molecular complexity index is 1180. The normalized spacial score (nSPS) is 11.1. The van der Waals surface area contributed by atoms with Gasteiger partial charge in [-0.3, -0.25) is 9.59 Å². The third-order valence-corrected chi connectivity index (χ3v) is 6.32. The third-order valence-electron chi connectivity index (χ3n) is 6.32. The van der Waals surface area contributed by atoms with E-state index in [0.717, 1.165) is 30.1 Å². The number of aldehydes is 2. The van der Waals surface area contributed by atoms with Crippen molar-refractivity contribution in [1.82, 2.24) is 0 Å². The van der Waals surface area contributed by atoms with Gasteiger partial charge in [0.2, 0.25) is 0 Å². The van der Waals surface area contributed by atoms with Gasteiger partial charge in [0.1, 0.15) is 35.6 Å². The molecule has 0 fully saturated rings. The molecule has 5 heteroatoms. The predicted octanol–water partition coefficient (Wildman–Crippen LogP) is 6.97. The molecule has 0 aliphatic rings. The van der Waals surface area contributed by atoms with E-state index in [1.807, 2.05) is 48.5 Å². The van der Waals surface area contributed by atoms with Gasteiger partial charge in [-0.1, -0.05) is 31.2 Å². The zero-order valence-electron chi connectivity index (χ0n) is 20.1. The molecule has 0 heterocycles. The van der Waals surface area contributed by atoms with E-state index in [0.29, 0.717) is 40.5 Å². The van der Waals surface area contributed by atoms with E-state index in [2.05, 4.69) is 6.92 Å². The molecule has 4 rings (SSSR count). The Morgan fingerprint density at radius 3 is 1.25 bits per heavy atom. The van der Waals surface area contributed by atoms with Crippen LogP contribution in [0.5, 0.6) is 23.0 Å². The van der Waals surface area contributed by atoms with Crippen LogP contribution in [0.3, 0.4) is 0 Å². The largest absolute Gasteiger partial charge is 0.457 e. The summed E-state index contributed by atoms with van der Waals surface area (Å²) < 4.78 is 11.9. The summed E-state index contributed by atoms with van der Waals surface area (Å²) >= 11 is 0. The van der Waals surface area contributed by atoms with E-state index in [1.165, 1.54) is 0 Å². The highest BCUT2D eigenvalue weighted by molar-refractivity contribution is 5.75. The fraction of sp³-hybridized carbons (Fsp3) is 0.161. The van der Waals surface area contributed by atoms with Crippen molar-refractivity contribution < 1.29 is 24.2 Å². The molecule has 5 nitrogen and oxygen atoms in total. The number of carbonyl (C=O) groups is 2. The van der Waals surface area contributed by atoms with Gasteiger partial charge in [-0.25, -0.2) is 0 Å². The first-order chi connectivity index (χ1) is 17.5. The van der Waals surface area contributed by atoms with Crippen molar-refractivity contribution in [3.05, 3.63) is 119 Å². The maximum absolute atomic E-state index is 10.8. The first-order valence-corrected chi connectivity index (χ1v) is 11.8. The molecular weight excluding hydrogens is 452 g/mol. The number of hydrogen-bond acceptors (Lipinski definition) is 5. The summed E-state index contributed by atoms with van der Waals surface area (Å²) in [5, 5.41) is 9.53. The molecule has 0 unspecified atom stereocenters. The molecule has 0 spiro atoms. The number of aliphatic hydroxyl groups excluding tert-OH is 1. The highest BCUT2D eigenvalue weighted by atomic mass is 16.5. The first-order valence-electron chi connectivity index (χ1n) is 11.8. The minimum absolute atomic E-state index is 0.117. The predicted molar refractivity (Wildman–Crippen MR) is 139 cm³/mol. The monoisotopic (exact) mass is 480 g/mol. The number of aliphatic hydroxyl groups is 1. The Balaban J connectivity index is 1.52. The molecule has 4 aromatic carbocycles. The van der Waals surface area contributed by atoms with E-state index in [4.69, 9.17) is 9.47 Å². The van der Waals surface area contributed by atoms with Gasteiger partial charge >= 0.3 is 0 Å². The van der Waals surface area contributed by atoms with Crippen molar-refractivity contribution in [3.8, 4) is 23.0 Å². The van der Waals surface area contributed by atoms with Crippen LogP contribution in [0.2, 0.25) is 0 Å². The minimum atomic E-state index is -0.322. The Morgan fingerprint density at radius 2 is 0.944 bits per heavy atom. The summed E-state index contributed by atoms with van der Waals surface area (Å²) in [5.74, 6) is 2.72. The second-order valence-electron chi connectivity index (χ2n) is 8.79. The van der Waals surface area contributed by atoms with Crippen molar-refractivity contribution in [2.45, 2.75) is 25.2 Å². The summed E-state index contributed by atoms with van der Waals surface area (Å²) in [6, 6.07) is 29.9. The lowest BCUT2D eigenvalue weighted by Gasteiger charge is -2.31. The van der Waals surface area contributed by atoms with Crippen molar-refractivity contribution >= 4 is 12.6 Å².